The smallest absolute Gasteiger partial charge is 0.160 e. The molecule has 0 amide bonds. The van der Waals surface area contributed by atoms with Crippen molar-refractivity contribution in [3.8, 4) is 23.8 Å². The number of hydrogen-bond donors (Lipinski definition) is 2. The molecule has 0 saturated carbocycles. The van der Waals surface area contributed by atoms with Crippen molar-refractivity contribution in [3.63, 3.8) is 0 Å². The van der Waals surface area contributed by atoms with Crippen LogP contribution < -0.4 is 10.1 Å². The third-order valence-corrected chi connectivity index (χ3v) is 3.45. The summed E-state index contributed by atoms with van der Waals surface area (Å²) in [6.45, 7) is 2.98. The molecule has 1 aromatic rings. The normalized spacial score (nSPS) is 11.8. The summed E-state index contributed by atoms with van der Waals surface area (Å²) in [5.74, 6) is 5.01. The van der Waals surface area contributed by atoms with Gasteiger partial charge in [-0.2, -0.15) is 0 Å². The van der Waals surface area contributed by atoms with Crippen molar-refractivity contribution in [1.82, 2.24) is 5.32 Å². The van der Waals surface area contributed by atoms with Crippen LogP contribution in [0.5, 0.6) is 11.5 Å². The van der Waals surface area contributed by atoms with Crippen LogP contribution in [0.1, 0.15) is 18.5 Å². The van der Waals surface area contributed by atoms with Crippen molar-refractivity contribution in [2.45, 2.75) is 13.0 Å². The maximum atomic E-state index is 9.52. The summed E-state index contributed by atoms with van der Waals surface area (Å²) >= 11 is 1.74. The number of benzene rings is 1. The van der Waals surface area contributed by atoms with Crippen molar-refractivity contribution >= 4 is 11.8 Å². The molecule has 4 heteroatoms. The Morgan fingerprint density at radius 3 is 3.00 bits per heavy atom. The van der Waals surface area contributed by atoms with Crippen LogP contribution in [0.3, 0.4) is 0 Å². The summed E-state index contributed by atoms with van der Waals surface area (Å²) < 4.78 is 5.09. The Morgan fingerprint density at radius 1 is 1.56 bits per heavy atom. The number of ether oxygens (including phenoxy) is 1. The summed E-state index contributed by atoms with van der Waals surface area (Å²) in [4.78, 5) is 0. The van der Waals surface area contributed by atoms with Crippen molar-refractivity contribution in [3.05, 3.63) is 23.8 Å². The van der Waals surface area contributed by atoms with Gasteiger partial charge >= 0.3 is 0 Å². The first-order valence-electron chi connectivity index (χ1n) is 5.80. The molecule has 1 rings (SSSR count). The number of methoxy groups -OCH3 is 1. The Balaban J connectivity index is 2.46. The molecular formula is C14H19NO2S. The van der Waals surface area contributed by atoms with E-state index in [1.54, 1.807) is 24.9 Å². The average Bonchev–Trinajstić information content (AvgIpc) is 2.38. The second-order valence-electron chi connectivity index (χ2n) is 3.86. The molecule has 1 aromatic carbocycles. The molecule has 0 fully saturated rings. The molecule has 0 spiro atoms. The summed E-state index contributed by atoms with van der Waals surface area (Å²) in [5.41, 5.74) is 1.09. The van der Waals surface area contributed by atoms with E-state index in [2.05, 4.69) is 18.2 Å². The first kappa shape index (κ1) is 14.7. The first-order valence-corrected chi connectivity index (χ1v) is 6.96. The zero-order chi connectivity index (χ0) is 13.4. The quantitative estimate of drug-likeness (QED) is 0.587. The summed E-state index contributed by atoms with van der Waals surface area (Å²) in [7, 11) is 1.55. The van der Waals surface area contributed by atoms with Crippen molar-refractivity contribution in [2.75, 3.05) is 25.2 Å². The fraction of sp³-hybridized carbons (Fsp3) is 0.429. The molecule has 2 N–H and O–H groups in total. The molecule has 0 aliphatic rings. The zero-order valence-corrected chi connectivity index (χ0v) is 11.6. The molecule has 98 valence electrons. The SMILES string of the molecule is C#CCSCCNC(C)c1ccc(O)c(OC)c1. The minimum Gasteiger partial charge on any atom is -0.504 e. The van der Waals surface area contributed by atoms with E-state index in [4.69, 9.17) is 11.2 Å². The van der Waals surface area contributed by atoms with Crippen LogP contribution in [0.25, 0.3) is 0 Å². The van der Waals surface area contributed by atoms with E-state index in [0.29, 0.717) is 5.75 Å². The first-order chi connectivity index (χ1) is 8.69. The van der Waals surface area contributed by atoms with E-state index in [-0.39, 0.29) is 11.8 Å². The van der Waals surface area contributed by atoms with Crippen molar-refractivity contribution in [1.29, 1.82) is 0 Å². The monoisotopic (exact) mass is 265 g/mol. The predicted molar refractivity (Wildman–Crippen MR) is 77.2 cm³/mol. The van der Waals surface area contributed by atoms with Gasteiger partial charge in [-0.25, -0.2) is 0 Å². The Kier molecular flexibility index (Phi) is 6.48. The van der Waals surface area contributed by atoms with Gasteiger partial charge in [0.25, 0.3) is 0 Å². The van der Waals surface area contributed by atoms with Crippen molar-refractivity contribution < 1.29 is 9.84 Å². The van der Waals surface area contributed by atoms with E-state index < -0.39 is 0 Å². The highest BCUT2D eigenvalue weighted by molar-refractivity contribution is 7.99. The van der Waals surface area contributed by atoms with Gasteiger partial charge in [-0.3, -0.25) is 0 Å². The Labute approximate surface area is 113 Å². The number of thioether (sulfide) groups is 1. The van der Waals surface area contributed by atoms with Crippen molar-refractivity contribution in [2.24, 2.45) is 0 Å². The fourth-order valence-electron chi connectivity index (χ4n) is 1.56. The Bertz CT molecular complexity index is 415. The van der Waals surface area contributed by atoms with E-state index in [1.807, 2.05) is 12.1 Å². The lowest BCUT2D eigenvalue weighted by molar-refractivity contribution is 0.372. The molecular weight excluding hydrogens is 246 g/mol. The summed E-state index contributed by atoms with van der Waals surface area (Å²) in [6.07, 6.45) is 5.18. The molecule has 0 aromatic heterocycles. The molecule has 0 aliphatic heterocycles. The van der Waals surface area contributed by atoms with E-state index >= 15 is 0 Å². The molecule has 3 nitrogen and oxygen atoms in total. The molecule has 0 aliphatic carbocycles. The Morgan fingerprint density at radius 2 is 2.33 bits per heavy atom. The maximum Gasteiger partial charge on any atom is 0.160 e. The number of hydrogen-bond acceptors (Lipinski definition) is 4. The van der Waals surface area contributed by atoms with Gasteiger partial charge in [-0.1, -0.05) is 12.0 Å². The standard InChI is InChI=1S/C14H19NO2S/c1-4-8-18-9-7-15-11(2)12-5-6-13(16)14(10-12)17-3/h1,5-6,10-11,15-16H,7-9H2,2-3H3. The van der Waals surface area contributed by atoms with Gasteiger partial charge in [-0.05, 0) is 24.6 Å². The van der Waals surface area contributed by atoms with E-state index in [0.717, 1.165) is 23.6 Å². The third-order valence-electron chi connectivity index (χ3n) is 2.59. The van der Waals surface area contributed by atoms with Gasteiger partial charge in [0.1, 0.15) is 0 Å². The Hall–Kier alpha value is -1.31. The minimum atomic E-state index is 0.165. The molecule has 0 radical (unpaired) electrons. The average molecular weight is 265 g/mol. The molecule has 1 unspecified atom stereocenters. The van der Waals surface area contributed by atoms with Gasteiger partial charge in [0.05, 0.1) is 12.9 Å². The van der Waals surface area contributed by atoms with E-state index in [1.165, 1.54) is 0 Å². The van der Waals surface area contributed by atoms with Crippen LogP contribution in [0.15, 0.2) is 18.2 Å². The predicted octanol–water partition coefficient (Wildman–Crippen LogP) is 2.42. The van der Waals surface area contributed by atoms with Gasteiger partial charge < -0.3 is 15.2 Å². The second kappa shape index (κ2) is 7.91. The van der Waals surface area contributed by atoms with Gasteiger partial charge in [0, 0.05) is 18.3 Å². The lowest BCUT2D eigenvalue weighted by atomic mass is 10.1. The van der Waals surface area contributed by atoms with Gasteiger partial charge in [0.2, 0.25) is 0 Å². The lowest BCUT2D eigenvalue weighted by Crippen LogP contribution is -2.21. The van der Waals surface area contributed by atoms with Crippen LogP contribution >= 0.6 is 11.8 Å². The second-order valence-corrected chi connectivity index (χ2v) is 4.97. The minimum absolute atomic E-state index is 0.165. The third kappa shape index (κ3) is 4.52. The summed E-state index contributed by atoms with van der Waals surface area (Å²) in [5, 5.41) is 12.9. The lowest BCUT2D eigenvalue weighted by Gasteiger charge is -2.15. The van der Waals surface area contributed by atoms with Crippen LogP contribution in [0, 0.1) is 12.3 Å². The molecule has 0 bridgehead atoms. The van der Waals surface area contributed by atoms with Gasteiger partial charge in [-0.15, -0.1) is 18.2 Å². The number of phenols is 1. The van der Waals surface area contributed by atoms with Crippen LogP contribution in [0.2, 0.25) is 0 Å². The molecule has 18 heavy (non-hydrogen) atoms. The molecule has 1 atom stereocenters. The fourth-order valence-corrected chi connectivity index (χ4v) is 2.08. The number of nitrogens with one attached hydrogen (secondary N) is 1. The molecule has 0 heterocycles. The highest BCUT2D eigenvalue weighted by Crippen LogP contribution is 2.28. The van der Waals surface area contributed by atoms with Crippen LogP contribution in [0.4, 0.5) is 0 Å². The van der Waals surface area contributed by atoms with Gasteiger partial charge in [0.15, 0.2) is 11.5 Å². The topological polar surface area (TPSA) is 41.5 Å². The number of aromatic hydroxyl groups is 1. The number of rotatable bonds is 7. The number of terminal acetylenes is 1. The highest BCUT2D eigenvalue weighted by atomic mass is 32.2. The van der Waals surface area contributed by atoms with E-state index in [9.17, 15) is 5.11 Å². The maximum absolute atomic E-state index is 9.52. The largest absolute Gasteiger partial charge is 0.504 e. The molecule has 0 saturated heterocycles. The summed E-state index contributed by atoms with van der Waals surface area (Å²) in [6, 6.07) is 5.61. The van der Waals surface area contributed by atoms with Crippen LogP contribution in [-0.4, -0.2) is 30.3 Å². The highest BCUT2D eigenvalue weighted by Gasteiger charge is 2.08. The zero-order valence-electron chi connectivity index (χ0n) is 10.8. The van der Waals surface area contributed by atoms with Crippen LogP contribution in [-0.2, 0) is 0 Å². The number of phenolic OH excluding ortho intramolecular Hbond substituents is 1.